The predicted octanol–water partition coefficient (Wildman–Crippen LogP) is 0.785. The summed E-state index contributed by atoms with van der Waals surface area (Å²) in [5, 5.41) is 24.9. The summed E-state index contributed by atoms with van der Waals surface area (Å²) >= 11 is 2.09. The van der Waals surface area contributed by atoms with Crippen molar-refractivity contribution < 1.29 is 42.7 Å². The summed E-state index contributed by atoms with van der Waals surface area (Å²) < 4.78 is 38.0. The molecule has 1 aromatic rings. The van der Waals surface area contributed by atoms with E-state index in [1.165, 1.54) is 11.5 Å². The summed E-state index contributed by atoms with van der Waals surface area (Å²) in [5.41, 5.74) is 4.69. The zero-order valence-corrected chi connectivity index (χ0v) is 20.8. The lowest BCUT2D eigenvalue weighted by molar-refractivity contribution is -0.156. The maximum absolute atomic E-state index is 12.8. The van der Waals surface area contributed by atoms with Crippen LogP contribution in [-0.4, -0.2) is 90.9 Å². The number of allylic oxidation sites excluding steroid dienone is 1. The van der Waals surface area contributed by atoms with Crippen molar-refractivity contribution in [3.8, 4) is 0 Å². The van der Waals surface area contributed by atoms with Crippen LogP contribution in [0.15, 0.2) is 33.5 Å². The zero-order valence-electron chi connectivity index (χ0n) is 18.4. The van der Waals surface area contributed by atoms with E-state index in [1.54, 1.807) is 0 Å². The van der Waals surface area contributed by atoms with Gasteiger partial charge in [0.15, 0.2) is 10.8 Å². The van der Waals surface area contributed by atoms with E-state index >= 15 is 0 Å². The maximum atomic E-state index is 12.8. The Labute approximate surface area is 220 Å². The zero-order chi connectivity index (χ0) is 26.4. The number of carbonyl (C=O) groups is 4. The lowest BCUT2D eigenvalue weighted by atomic mass is 10.0. The smallest absolute Gasteiger partial charge is 0.406 e. The average molecular weight is 583 g/mol. The maximum Gasteiger partial charge on any atom is 0.406 e. The van der Waals surface area contributed by atoms with Gasteiger partial charge in [0, 0.05) is 23.3 Å². The Hall–Kier alpha value is -3.31. The van der Waals surface area contributed by atoms with Crippen LogP contribution >= 0.6 is 35.5 Å². The number of carbonyl (C=O) groups excluding carboxylic acids is 3. The molecular weight excluding hydrogens is 565 g/mol. The molecule has 4 rings (SSSR count). The minimum atomic E-state index is -4.57. The van der Waals surface area contributed by atoms with Crippen molar-refractivity contribution in [2.24, 2.45) is 5.16 Å². The van der Waals surface area contributed by atoms with Crippen LogP contribution in [0.3, 0.4) is 0 Å². The minimum Gasteiger partial charge on any atom is -0.477 e. The van der Waals surface area contributed by atoms with Gasteiger partial charge in [0.05, 0.1) is 0 Å². The number of hydrogen-bond acceptors (Lipinski definition) is 10. The largest absolute Gasteiger partial charge is 0.477 e. The Balaban J connectivity index is 0.00000380. The number of anilines is 1. The molecule has 37 heavy (non-hydrogen) atoms. The average Bonchev–Trinajstić information content (AvgIpc) is 3.37. The van der Waals surface area contributed by atoms with Crippen LogP contribution in [0.4, 0.5) is 18.3 Å². The number of aromatic nitrogens is 1. The van der Waals surface area contributed by atoms with Crippen LogP contribution in [0.5, 0.6) is 0 Å². The molecule has 2 unspecified atom stereocenters. The van der Waals surface area contributed by atoms with E-state index in [9.17, 15) is 42.7 Å². The second-order valence-corrected chi connectivity index (χ2v) is 9.82. The van der Waals surface area contributed by atoms with E-state index in [0.717, 1.165) is 28.0 Å². The SMILES string of the molecule is Cl.Nc1nc(C(=NO)C(=O)NC2C(=O)N3C(C(=O)O)=C(C=C4CCN(CC(F)(F)F)C4=O)CSC23)cs1. The van der Waals surface area contributed by atoms with Gasteiger partial charge in [-0.15, -0.1) is 35.5 Å². The second kappa shape index (κ2) is 10.6. The van der Waals surface area contributed by atoms with E-state index < -0.39 is 59.2 Å². The molecule has 3 aliphatic rings. The second-order valence-electron chi connectivity index (χ2n) is 7.82. The number of amides is 3. The number of carboxylic acid groups (broad SMARTS) is 1. The van der Waals surface area contributed by atoms with Gasteiger partial charge in [-0.2, -0.15) is 13.2 Å². The number of aliphatic carboxylic acids is 1. The third-order valence-corrected chi connectivity index (χ3v) is 7.47. The van der Waals surface area contributed by atoms with Crippen LogP contribution in [0.1, 0.15) is 12.1 Å². The van der Waals surface area contributed by atoms with Gasteiger partial charge < -0.3 is 26.3 Å². The van der Waals surface area contributed by atoms with Gasteiger partial charge in [-0.3, -0.25) is 19.3 Å². The molecule has 3 aliphatic heterocycles. The van der Waals surface area contributed by atoms with E-state index in [0.29, 0.717) is 4.90 Å². The summed E-state index contributed by atoms with van der Waals surface area (Å²) in [5.74, 6) is -4.01. The Morgan fingerprint density at radius 1 is 1.35 bits per heavy atom. The molecule has 3 amide bonds. The summed E-state index contributed by atoms with van der Waals surface area (Å²) in [6.07, 6.45) is -3.36. The van der Waals surface area contributed by atoms with Crippen molar-refractivity contribution in [3.63, 3.8) is 0 Å². The van der Waals surface area contributed by atoms with Gasteiger partial charge >= 0.3 is 12.1 Å². The van der Waals surface area contributed by atoms with Crippen molar-refractivity contribution in [2.75, 3.05) is 24.6 Å². The number of alkyl halides is 3. The fourth-order valence-corrected chi connectivity index (χ4v) is 5.80. The van der Waals surface area contributed by atoms with E-state index in [2.05, 4.69) is 15.5 Å². The first kappa shape index (κ1) is 28.3. The van der Waals surface area contributed by atoms with Crippen LogP contribution in [0, 0.1) is 0 Å². The molecule has 12 nitrogen and oxygen atoms in total. The highest BCUT2D eigenvalue weighted by Crippen LogP contribution is 2.41. The first-order valence-electron chi connectivity index (χ1n) is 10.1. The molecule has 0 aromatic carbocycles. The van der Waals surface area contributed by atoms with Crippen LogP contribution < -0.4 is 11.1 Å². The Morgan fingerprint density at radius 2 is 2.05 bits per heavy atom. The van der Waals surface area contributed by atoms with Crippen LogP contribution in [-0.2, 0) is 19.2 Å². The molecule has 4 heterocycles. The van der Waals surface area contributed by atoms with Crippen molar-refractivity contribution in [3.05, 3.63) is 34.0 Å². The van der Waals surface area contributed by atoms with Crippen molar-refractivity contribution in [2.45, 2.75) is 24.0 Å². The minimum absolute atomic E-state index is 0. The van der Waals surface area contributed by atoms with E-state index in [4.69, 9.17) is 5.73 Å². The number of nitrogens with one attached hydrogen (secondary N) is 1. The van der Waals surface area contributed by atoms with Crippen molar-refractivity contribution in [1.29, 1.82) is 0 Å². The fourth-order valence-electron chi connectivity index (χ4n) is 3.95. The number of oxime groups is 1. The number of thioether (sulfide) groups is 1. The normalized spacial score (nSPS) is 23.1. The third-order valence-electron chi connectivity index (χ3n) is 5.50. The number of rotatable bonds is 6. The molecule has 2 atom stereocenters. The molecule has 200 valence electrons. The highest BCUT2D eigenvalue weighted by atomic mass is 35.5. The summed E-state index contributed by atoms with van der Waals surface area (Å²) in [4.78, 5) is 55.1. The van der Waals surface area contributed by atoms with Gasteiger partial charge in [-0.05, 0) is 18.1 Å². The van der Waals surface area contributed by atoms with E-state index in [1.807, 2.05) is 0 Å². The Bertz CT molecular complexity index is 1250. The molecule has 18 heteroatoms. The topological polar surface area (TPSA) is 179 Å². The van der Waals surface area contributed by atoms with Gasteiger partial charge in [-0.1, -0.05) is 5.16 Å². The van der Waals surface area contributed by atoms with E-state index in [-0.39, 0.29) is 53.1 Å². The summed E-state index contributed by atoms with van der Waals surface area (Å²) in [7, 11) is 0. The number of likely N-dealkylation sites (tertiary alicyclic amines) is 1. The Morgan fingerprint density at radius 3 is 2.62 bits per heavy atom. The van der Waals surface area contributed by atoms with Gasteiger partial charge in [-0.25, -0.2) is 9.78 Å². The third kappa shape index (κ3) is 5.52. The molecule has 0 radical (unpaired) electrons. The molecule has 0 aliphatic carbocycles. The number of halogens is 4. The summed E-state index contributed by atoms with van der Waals surface area (Å²) in [6, 6.07) is -1.14. The highest BCUT2D eigenvalue weighted by molar-refractivity contribution is 8.00. The molecule has 1 aromatic heterocycles. The molecule has 0 saturated carbocycles. The molecule has 0 bridgehead atoms. The lowest BCUT2D eigenvalue weighted by Gasteiger charge is -2.49. The first-order valence-corrected chi connectivity index (χ1v) is 12.1. The number of hydrogen-bond donors (Lipinski definition) is 4. The number of nitrogens with two attached hydrogens (primary N) is 1. The van der Waals surface area contributed by atoms with Crippen molar-refractivity contribution in [1.82, 2.24) is 20.1 Å². The monoisotopic (exact) mass is 582 g/mol. The lowest BCUT2D eigenvalue weighted by Crippen LogP contribution is -2.71. The molecule has 5 N–H and O–H groups in total. The molecule has 0 spiro atoms. The number of thiazole rings is 1. The molecular formula is C19H18ClF3N6O6S2. The number of carboxylic acids is 1. The van der Waals surface area contributed by atoms with Crippen LogP contribution in [0.2, 0.25) is 0 Å². The van der Waals surface area contributed by atoms with Crippen molar-refractivity contribution >= 4 is 70.0 Å². The quantitative estimate of drug-likeness (QED) is 0.124. The summed E-state index contributed by atoms with van der Waals surface area (Å²) in [6.45, 7) is -1.57. The number of fused-ring (bicyclic) bond motifs is 1. The Kier molecular flexibility index (Phi) is 8.09. The predicted molar refractivity (Wildman–Crippen MR) is 127 cm³/mol. The van der Waals surface area contributed by atoms with Gasteiger partial charge in [0.2, 0.25) is 5.91 Å². The standard InChI is InChI=1S/C19H17F3N6O6S2.ClH/c20-19(21,22)6-27-2-1-7(14(27)30)3-8-4-35-16-11(15(31)28(16)12(8)17(32)33)25-13(29)10(26-34)9-5-36-18(23)24-9;/h3,5,11,16,34H,1-2,4,6H2,(H2,23,24)(H,25,29)(H,32,33);1H. The number of nitrogens with zero attached hydrogens (tertiary/aromatic N) is 4. The molecule has 2 saturated heterocycles. The van der Waals surface area contributed by atoms with Gasteiger partial charge in [0.25, 0.3) is 11.8 Å². The highest BCUT2D eigenvalue weighted by Gasteiger charge is 2.54. The molecule has 2 fully saturated rings. The van der Waals surface area contributed by atoms with Gasteiger partial charge in [0.1, 0.15) is 29.4 Å². The fraction of sp³-hybridized carbons (Fsp3) is 0.368. The number of β-lactam (4-membered cyclic amide) rings is 1. The first-order chi connectivity index (χ1) is 16.9. The number of nitrogen functional groups attached to an aromatic ring is 1. The van der Waals surface area contributed by atoms with Crippen LogP contribution in [0.25, 0.3) is 0 Å².